The third-order valence-corrected chi connectivity index (χ3v) is 6.05. The Morgan fingerprint density at radius 1 is 0.633 bits per heavy atom. The van der Waals surface area contributed by atoms with Gasteiger partial charge in [0, 0.05) is 10.6 Å². The largest absolute Gasteiger partial charge is 0.325 e. The van der Waals surface area contributed by atoms with Crippen LogP contribution in [0.2, 0.25) is 0 Å². The first kappa shape index (κ1) is 20.0. The molecule has 0 aliphatic carbocycles. The molecule has 148 valence electrons. The Morgan fingerprint density at radius 3 is 1.40 bits per heavy atom. The molecule has 0 spiro atoms. The summed E-state index contributed by atoms with van der Waals surface area (Å²) in [5, 5.41) is 3.18. The Hall–Kier alpha value is -3.30. The molecular weight excluding hydrogens is 386 g/mol. The van der Waals surface area contributed by atoms with Crippen molar-refractivity contribution in [1.82, 2.24) is 0 Å². The van der Waals surface area contributed by atoms with E-state index in [1.807, 2.05) is 122 Å². The SMILES string of the molecule is CSc1ccc(NC(=O)C(c2ccccc2)(c2ccccc2)c2ccccc2)cc1. The maximum Gasteiger partial charge on any atom is 0.244 e. The van der Waals surface area contributed by atoms with Crippen molar-refractivity contribution in [2.45, 2.75) is 10.3 Å². The number of nitrogens with one attached hydrogen (secondary N) is 1. The number of thioether (sulfide) groups is 1. The van der Waals surface area contributed by atoms with Crippen LogP contribution in [-0.2, 0) is 10.2 Å². The smallest absolute Gasteiger partial charge is 0.244 e. The predicted octanol–water partition coefficient (Wildman–Crippen LogP) is 6.38. The van der Waals surface area contributed by atoms with E-state index in [1.165, 1.54) is 0 Å². The average Bonchev–Trinajstić information content (AvgIpc) is 2.82. The summed E-state index contributed by atoms with van der Waals surface area (Å²) in [5.74, 6) is -0.0806. The zero-order valence-electron chi connectivity index (χ0n) is 16.8. The third kappa shape index (κ3) is 3.77. The van der Waals surface area contributed by atoms with Crippen LogP contribution in [0.4, 0.5) is 5.69 Å². The number of amides is 1. The van der Waals surface area contributed by atoms with Gasteiger partial charge in [0.1, 0.15) is 5.41 Å². The zero-order chi connectivity index (χ0) is 20.8. The normalized spacial score (nSPS) is 11.1. The molecule has 4 rings (SSSR count). The van der Waals surface area contributed by atoms with Crippen LogP contribution in [0, 0.1) is 0 Å². The standard InChI is InChI=1S/C27H23NOS/c1-30-25-19-17-24(18-20-25)28-26(29)27(21-11-5-2-6-12-21,22-13-7-3-8-14-22)23-15-9-4-10-16-23/h2-20H,1H3,(H,28,29). The highest BCUT2D eigenvalue weighted by atomic mass is 32.2. The molecule has 0 radical (unpaired) electrons. The van der Waals surface area contributed by atoms with Crippen molar-refractivity contribution in [1.29, 1.82) is 0 Å². The monoisotopic (exact) mass is 409 g/mol. The van der Waals surface area contributed by atoms with Crippen molar-refractivity contribution >= 4 is 23.4 Å². The van der Waals surface area contributed by atoms with E-state index in [0.717, 1.165) is 27.3 Å². The van der Waals surface area contributed by atoms with Gasteiger partial charge in [-0.15, -0.1) is 11.8 Å². The topological polar surface area (TPSA) is 29.1 Å². The molecule has 0 saturated heterocycles. The lowest BCUT2D eigenvalue weighted by Gasteiger charge is -2.34. The highest BCUT2D eigenvalue weighted by Crippen LogP contribution is 2.40. The second-order valence-corrected chi connectivity index (χ2v) is 7.91. The number of rotatable bonds is 6. The molecule has 0 atom stereocenters. The molecular formula is C27H23NOS. The summed E-state index contributed by atoms with van der Waals surface area (Å²) >= 11 is 1.68. The average molecular weight is 410 g/mol. The van der Waals surface area contributed by atoms with Crippen LogP contribution in [0.1, 0.15) is 16.7 Å². The first-order valence-electron chi connectivity index (χ1n) is 9.87. The predicted molar refractivity (Wildman–Crippen MR) is 126 cm³/mol. The molecule has 4 aromatic carbocycles. The van der Waals surface area contributed by atoms with Crippen molar-refractivity contribution in [3.8, 4) is 0 Å². The van der Waals surface area contributed by atoms with Gasteiger partial charge in [0.2, 0.25) is 5.91 Å². The molecule has 0 fully saturated rings. The summed E-state index contributed by atoms with van der Waals surface area (Å²) in [6.07, 6.45) is 2.04. The molecule has 0 heterocycles. The maximum atomic E-state index is 14.1. The zero-order valence-corrected chi connectivity index (χ0v) is 17.6. The lowest BCUT2D eigenvalue weighted by Crippen LogP contribution is -2.42. The van der Waals surface area contributed by atoms with Gasteiger partial charge >= 0.3 is 0 Å². The molecule has 1 N–H and O–H groups in total. The fraction of sp³-hybridized carbons (Fsp3) is 0.0741. The van der Waals surface area contributed by atoms with Gasteiger partial charge in [-0.25, -0.2) is 0 Å². The number of carbonyl (C=O) groups excluding carboxylic acids is 1. The van der Waals surface area contributed by atoms with Crippen LogP contribution >= 0.6 is 11.8 Å². The fourth-order valence-corrected chi connectivity index (χ4v) is 4.27. The molecule has 30 heavy (non-hydrogen) atoms. The first-order valence-corrected chi connectivity index (χ1v) is 11.1. The van der Waals surface area contributed by atoms with Gasteiger partial charge < -0.3 is 5.32 Å². The minimum atomic E-state index is -0.970. The van der Waals surface area contributed by atoms with E-state index in [2.05, 4.69) is 5.32 Å². The highest BCUT2D eigenvalue weighted by Gasteiger charge is 2.43. The van der Waals surface area contributed by atoms with Crippen LogP contribution in [0.25, 0.3) is 0 Å². The fourth-order valence-electron chi connectivity index (χ4n) is 3.86. The van der Waals surface area contributed by atoms with Crippen molar-refractivity contribution in [3.63, 3.8) is 0 Å². The molecule has 1 amide bonds. The molecule has 0 aliphatic rings. The summed E-state index contributed by atoms with van der Waals surface area (Å²) in [6, 6.07) is 37.9. The summed E-state index contributed by atoms with van der Waals surface area (Å²) in [5.41, 5.74) is 2.61. The van der Waals surface area contributed by atoms with E-state index in [1.54, 1.807) is 11.8 Å². The molecule has 0 aliphatic heterocycles. The summed E-state index contributed by atoms with van der Waals surface area (Å²) in [4.78, 5) is 15.2. The van der Waals surface area contributed by atoms with Gasteiger partial charge in [-0.2, -0.15) is 0 Å². The Kier molecular flexibility index (Phi) is 6.01. The van der Waals surface area contributed by atoms with Crippen LogP contribution in [0.5, 0.6) is 0 Å². The maximum absolute atomic E-state index is 14.1. The minimum absolute atomic E-state index is 0.0806. The Bertz CT molecular complexity index is 997. The lowest BCUT2D eigenvalue weighted by atomic mass is 9.68. The quantitative estimate of drug-likeness (QED) is 0.296. The second-order valence-electron chi connectivity index (χ2n) is 7.03. The van der Waals surface area contributed by atoms with Gasteiger partial charge in [-0.1, -0.05) is 91.0 Å². The van der Waals surface area contributed by atoms with Crippen molar-refractivity contribution in [2.75, 3.05) is 11.6 Å². The van der Waals surface area contributed by atoms with Gasteiger partial charge in [-0.05, 0) is 47.2 Å². The van der Waals surface area contributed by atoms with E-state index in [9.17, 15) is 4.79 Å². The van der Waals surface area contributed by atoms with Gasteiger partial charge in [0.15, 0.2) is 0 Å². The van der Waals surface area contributed by atoms with Gasteiger partial charge in [0.25, 0.3) is 0 Å². The number of hydrogen-bond acceptors (Lipinski definition) is 2. The molecule has 2 nitrogen and oxygen atoms in total. The highest BCUT2D eigenvalue weighted by molar-refractivity contribution is 7.98. The van der Waals surface area contributed by atoms with Crippen molar-refractivity contribution in [2.24, 2.45) is 0 Å². The van der Waals surface area contributed by atoms with Crippen LogP contribution in [0.15, 0.2) is 120 Å². The third-order valence-electron chi connectivity index (χ3n) is 5.31. The Labute approximate surface area is 182 Å². The first-order chi connectivity index (χ1) is 14.7. The number of benzene rings is 4. The number of anilines is 1. The van der Waals surface area contributed by atoms with E-state index in [4.69, 9.17) is 0 Å². The van der Waals surface area contributed by atoms with Crippen LogP contribution < -0.4 is 5.32 Å². The molecule has 0 unspecified atom stereocenters. The van der Waals surface area contributed by atoms with Gasteiger partial charge in [0.05, 0.1) is 0 Å². The number of carbonyl (C=O) groups is 1. The number of hydrogen-bond donors (Lipinski definition) is 1. The minimum Gasteiger partial charge on any atom is -0.325 e. The summed E-state index contributed by atoms with van der Waals surface area (Å²) < 4.78 is 0. The van der Waals surface area contributed by atoms with E-state index >= 15 is 0 Å². The van der Waals surface area contributed by atoms with E-state index < -0.39 is 5.41 Å². The Morgan fingerprint density at radius 2 is 1.03 bits per heavy atom. The summed E-state index contributed by atoms with van der Waals surface area (Å²) in [6.45, 7) is 0. The second kappa shape index (κ2) is 9.02. The van der Waals surface area contributed by atoms with E-state index in [-0.39, 0.29) is 5.91 Å². The van der Waals surface area contributed by atoms with Crippen molar-refractivity contribution < 1.29 is 4.79 Å². The molecule has 0 bridgehead atoms. The molecule has 4 aromatic rings. The lowest BCUT2D eigenvalue weighted by molar-refractivity contribution is -0.119. The molecule has 3 heteroatoms. The Balaban J connectivity index is 1.91. The van der Waals surface area contributed by atoms with Crippen LogP contribution in [0.3, 0.4) is 0 Å². The van der Waals surface area contributed by atoms with E-state index in [0.29, 0.717) is 0 Å². The van der Waals surface area contributed by atoms with Gasteiger partial charge in [-0.3, -0.25) is 4.79 Å². The van der Waals surface area contributed by atoms with Crippen LogP contribution in [-0.4, -0.2) is 12.2 Å². The molecule has 0 aromatic heterocycles. The molecule has 0 saturated carbocycles. The summed E-state index contributed by atoms with van der Waals surface area (Å²) in [7, 11) is 0. The van der Waals surface area contributed by atoms with Crippen molar-refractivity contribution in [3.05, 3.63) is 132 Å².